The Hall–Kier alpha value is -2.20. The number of nitrogen functional groups attached to an aromatic ring is 1. The minimum absolute atomic E-state index is 0.799. The first kappa shape index (κ1) is 11.9. The summed E-state index contributed by atoms with van der Waals surface area (Å²) in [5, 5.41) is 3.02. The van der Waals surface area contributed by atoms with E-state index in [0.717, 1.165) is 33.1 Å². The molecule has 0 aliphatic heterocycles. The molecule has 94 valence electrons. The van der Waals surface area contributed by atoms with E-state index in [1.165, 1.54) is 0 Å². The van der Waals surface area contributed by atoms with Gasteiger partial charge in [0, 0.05) is 34.6 Å². The highest BCUT2D eigenvalue weighted by atomic mass is 32.1. The molecule has 0 saturated heterocycles. The van der Waals surface area contributed by atoms with Gasteiger partial charge in [-0.1, -0.05) is 12.1 Å². The third kappa shape index (κ3) is 2.35. The second-order valence-corrected chi connectivity index (χ2v) is 5.21. The number of hydrogen-bond donors (Lipinski definition) is 1. The molecule has 19 heavy (non-hydrogen) atoms. The van der Waals surface area contributed by atoms with Crippen LogP contribution in [0.15, 0.2) is 48.1 Å². The van der Waals surface area contributed by atoms with Crippen LogP contribution in [0, 0.1) is 6.92 Å². The molecule has 2 heterocycles. The number of nitrogens with zero attached hydrogens (tertiary/aromatic N) is 2. The molecule has 0 radical (unpaired) electrons. The van der Waals surface area contributed by atoms with Crippen molar-refractivity contribution in [3.05, 3.63) is 53.7 Å². The lowest BCUT2D eigenvalue weighted by atomic mass is 10.1. The van der Waals surface area contributed by atoms with Crippen LogP contribution >= 0.6 is 11.3 Å². The van der Waals surface area contributed by atoms with Gasteiger partial charge in [0.2, 0.25) is 0 Å². The Balaban J connectivity index is 1.99. The van der Waals surface area contributed by atoms with Gasteiger partial charge < -0.3 is 5.73 Å². The van der Waals surface area contributed by atoms with E-state index in [1.807, 2.05) is 48.8 Å². The Kier molecular flexibility index (Phi) is 3.01. The summed E-state index contributed by atoms with van der Waals surface area (Å²) in [6.45, 7) is 2.00. The van der Waals surface area contributed by atoms with Crippen molar-refractivity contribution in [3.8, 4) is 21.8 Å². The van der Waals surface area contributed by atoms with Gasteiger partial charge in [-0.25, -0.2) is 4.98 Å². The van der Waals surface area contributed by atoms with Crippen molar-refractivity contribution >= 4 is 17.0 Å². The van der Waals surface area contributed by atoms with Crippen LogP contribution in [0.1, 0.15) is 5.56 Å². The summed E-state index contributed by atoms with van der Waals surface area (Å²) in [4.78, 5) is 8.76. The minimum Gasteiger partial charge on any atom is -0.398 e. The molecule has 3 aromatic rings. The average molecular weight is 267 g/mol. The smallest absolute Gasteiger partial charge is 0.125 e. The van der Waals surface area contributed by atoms with Gasteiger partial charge in [0.1, 0.15) is 5.01 Å². The molecule has 0 saturated carbocycles. The lowest BCUT2D eigenvalue weighted by Crippen LogP contribution is -1.90. The summed E-state index contributed by atoms with van der Waals surface area (Å²) >= 11 is 1.62. The van der Waals surface area contributed by atoms with Crippen LogP contribution in [-0.2, 0) is 0 Å². The Bertz CT molecular complexity index is 704. The molecular weight excluding hydrogens is 254 g/mol. The number of aromatic nitrogens is 2. The standard InChI is InChI=1S/C15H13N3S/c1-10-4-5-11(7-13(10)16)14-9-19-15(18-14)12-3-2-6-17-8-12/h2-9H,16H2,1H3. The van der Waals surface area contributed by atoms with E-state index in [4.69, 9.17) is 5.73 Å². The first-order valence-electron chi connectivity index (χ1n) is 5.96. The second kappa shape index (κ2) is 4.82. The van der Waals surface area contributed by atoms with E-state index >= 15 is 0 Å². The van der Waals surface area contributed by atoms with Gasteiger partial charge in [-0.05, 0) is 30.7 Å². The molecule has 0 atom stereocenters. The summed E-state index contributed by atoms with van der Waals surface area (Å²) in [6, 6.07) is 9.97. The van der Waals surface area contributed by atoms with Crippen LogP contribution in [0.2, 0.25) is 0 Å². The lowest BCUT2D eigenvalue weighted by Gasteiger charge is -2.02. The van der Waals surface area contributed by atoms with Crippen molar-refractivity contribution in [2.75, 3.05) is 5.73 Å². The Morgan fingerprint density at radius 3 is 2.79 bits per heavy atom. The highest BCUT2D eigenvalue weighted by Crippen LogP contribution is 2.29. The first-order valence-corrected chi connectivity index (χ1v) is 6.84. The Morgan fingerprint density at radius 2 is 2.05 bits per heavy atom. The number of anilines is 1. The molecule has 0 fully saturated rings. The predicted molar refractivity (Wildman–Crippen MR) is 79.9 cm³/mol. The van der Waals surface area contributed by atoms with Crippen molar-refractivity contribution in [2.45, 2.75) is 6.92 Å². The van der Waals surface area contributed by atoms with Crippen LogP contribution in [0.5, 0.6) is 0 Å². The predicted octanol–water partition coefficient (Wildman–Crippen LogP) is 3.76. The quantitative estimate of drug-likeness (QED) is 0.719. The maximum atomic E-state index is 5.94. The number of pyridine rings is 1. The van der Waals surface area contributed by atoms with Crippen molar-refractivity contribution < 1.29 is 0 Å². The molecule has 0 aliphatic rings. The number of aryl methyl sites for hydroxylation is 1. The summed E-state index contributed by atoms with van der Waals surface area (Å²) < 4.78 is 0. The van der Waals surface area contributed by atoms with Crippen LogP contribution in [0.25, 0.3) is 21.8 Å². The van der Waals surface area contributed by atoms with Gasteiger partial charge in [-0.2, -0.15) is 0 Å². The number of benzene rings is 1. The first-order chi connectivity index (χ1) is 9.24. The van der Waals surface area contributed by atoms with Gasteiger partial charge in [0.25, 0.3) is 0 Å². The van der Waals surface area contributed by atoms with Crippen LogP contribution in [0.4, 0.5) is 5.69 Å². The van der Waals surface area contributed by atoms with E-state index in [-0.39, 0.29) is 0 Å². The van der Waals surface area contributed by atoms with E-state index in [2.05, 4.69) is 9.97 Å². The zero-order chi connectivity index (χ0) is 13.2. The molecule has 1 aromatic carbocycles. The lowest BCUT2D eigenvalue weighted by molar-refractivity contribution is 1.31. The molecule has 0 amide bonds. The molecule has 3 nitrogen and oxygen atoms in total. The maximum Gasteiger partial charge on any atom is 0.125 e. The topological polar surface area (TPSA) is 51.8 Å². The largest absolute Gasteiger partial charge is 0.398 e. The van der Waals surface area contributed by atoms with Crippen molar-refractivity contribution in [3.63, 3.8) is 0 Å². The fourth-order valence-electron chi connectivity index (χ4n) is 1.83. The Labute approximate surface area is 115 Å². The SMILES string of the molecule is Cc1ccc(-c2csc(-c3cccnc3)n2)cc1N. The van der Waals surface area contributed by atoms with Crippen LogP contribution < -0.4 is 5.73 Å². The number of thiazole rings is 1. The molecule has 0 spiro atoms. The third-order valence-corrected chi connectivity index (χ3v) is 3.88. The number of hydrogen-bond acceptors (Lipinski definition) is 4. The Morgan fingerprint density at radius 1 is 1.16 bits per heavy atom. The second-order valence-electron chi connectivity index (χ2n) is 4.35. The van der Waals surface area contributed by atoms with Crippen molar-refractivity contribution in [2.24, 2.45) is 0 Å². The number of rotatable bonds is 2. The maximum absolute atomic E-state index is 5.94. The summed E-state index contributed by atoms with van der Waals surface area (Å²) in [5.41, 5.74) is 10.9. The zero-order valence-electron chi connectivity index (χ0n) is 10.5. The molecule has 0 unspecified atom stereocenters. The average Bonchev–Trinajstić information content (AvgIpc) is 2.93. The number of nitrogens with two attached hydrogens (primary N) is 1. The minimum atomic E-state index is 0.799. The van der Waals surface area contributed by atoms with Crippen molar-refractivity contribution in [1.29, 1.82) is 0 Å². The third-order valence-electron chi connectivity index (χ3n) is 2.99. The molecule has 2 aromatic heterocycles. The van der Waals surface area contributed by atoms with Crippen molar-refractivity contribution in [1.82, 2.24) is 9.97 Å². The van der Waals surface area contributed by atoms with E-state index < -0.39 is 0 Å². The molecular formula is C15H13N3S. The van der Waals surface area contributed by atoms with Gasteiger partial charge in [0.15, 0.2) is 0 Å². The summed E-state index contributed by atoms with van der Waals surface area (Å²) in [7, 11) is 0. The normalized spacial score (nSPS) is 10.6. The fourth-order valence-corrected chi connectivity index (χ4v) is 2.65. The zero-order valence-corrected chi connectivity index (χ0v) is 11.3. The van der Waals surface area contributed by atoms with E-state index in [1.54, 1.807) is 17.5 Å². The van der Waals surface area contributed by atoms with E-state index in [9.17, 15) is 0 Å². The van der Waals surface area contributed by atoms with E-state index in [0.29, 0.717) is 0 Å². The monoisotopic (exact) mass is 267 g/mol. The molecule has 2 N–H and O–H groups in total. The van der Waals surface area contributed by atoms with Crippen LogP contribution in [-0.4, -0.2) is 9.97 Å². The summed E-state index contributed by atoms with van der Waals surface area (Å²) in [6.07, 6.45) is 3.59. The molecule has 0 bridgehead atoms. The van der Waals surface area contributed by atoms with Gasteiger partial charge in [-0.15, -0.1) is 11.3 Å². The van der Waals surface area contributed by atoms with Crippen LogP contribution in [0.3, 0.4) is 0 Å². The highest BCUT2D eigenvalue weighted by Gasteiger charge is 2.07. The molecule has 4 heteroatoms. The van der Waals surface area contributed by atoms with Gasteiger partial charge in [0.05, 0.1) is 5.69 Å². The fraction of sp³-hybridized carbons (Fsp3) is 0.0667. The van der Waals surface area contributed by atoms with Gasteiger partial charge in [-0.3, -0.25) is 4.98 Å². The highest BCUT2D eigenvalue weighted by molar-refractivity contribution is 7.13. The molecule has 3 rings (SSSR count). The summed E-state index contributed by atoms with van der Waals surface area (Å²) in [5.74, 6) is 0. The van der Waals surface area contributed by atoms with Gasteiger partial charge >= 0.3 is 0 Å². The molecule has 0 aliphatic carbocycles.